The van der Waals surface area contributed by atoms with E-state index in [0.29, 0.717) is 5.56 Å². The Labute approximate surface area is 183 Å². The number of hydrogen-bond donors (Lipinski definition) is 6. The fraction of sp³-hybridized carbons (Fsp3) is 0.409. The number of hydrogen-bond acceptors (Lipinski definition) is 10. The third-order valence-electron chi connectivity index (χ3n) is 5.28. The van der Waals surface area contributed by atoms with Crippen LogP contribution in [0.5, 0.6) is 23.0 Å². The molecule has 1 fully saturated rings. The van der Waals surface area contributed by atoms with E-state index >= 15 is 0 Å². The highest BCUT2D eigenvalue weighted by Crippen LogP contribution is 2.36. The maximum atomic E-state index is 12.5. The van der Waals surface area contributed by atoms with Crippen molar-refractivity contribution >= 4 is 5.78 Å². The smallest absolute Gasteiger partial charge is 0.229 e. The largest absolute Gasteiger partial charge is 0.508 e. The molecule has 5 atom stereocenters. The number of phenolic OH excluding ortho intramolecular Hbond substituents is 2. The molecule has 0 spiro atoms. The lowest BCUT2D eigenvalue weighted by Crippen LogP contribution is -2.60. The summed E-state index contributed by atoms with van der Waals surface area (Å²) in [6.07, 6.45) is -7.41. The van der Waals surface area contributed by atoms with Crippen LogP contribution in [-0.2, 0) is 11.2 Å². The molecule has 3 rings (SSSR count). The van der Waals surface area contributed by atoms with E-state index in [0.717, 1.165) is 0 Å². The summed E-state index contributed by atoms with van der Waals surface area (Å²) in [5.74, 6) is -0.161. The van der Waals surface area contributed by atoms with Gasteiger partial charge in [-0.05, 0) is 30.7 Å². The van der Waals surface area contributed by atoms with Crippen molar-refractivity contribution in [2.45, 2.75) is 43.5 Å². The molecule has 2 aromatic rings. The maximum absolute atomic E-state index is 12.5. The Morgan fingerprint density at radius 1 is 1.03 bits per heavy atom. The first-order valence-electron chi connectivity index (χ1n) is 9.94. The first-order valence-corrected chi connectivity index (χ1v) is 9.94. The highest BCUT2D eigenvalue weighted by atomic mass is 16.7. The lowest BCUT2D eigenvalue weighted by molar-refractivity contribution is -0.277. The Bertz CT molecular complexity index is 927. The van der Waals surface area contributed by atoms with E-state index in [1.54, 1.807) is 0 Å². The minimum atomic E-state index is -1.65. The van der Waals surface area contributed by atoms with Crippen molar-refractivity contribution in [1.29, 1.82) is 0 Å². The van der Waals surface area contributed by atoms with E-state index in [2.05, 4.69) is 0 Å². The number of aliphatic hydroxyl groups is 4. The topological polar surface area (TPSA) is 166 Å². The van der Waals surface area contributed by atoms with Crippen LogP contribution in [0.4, 0.5) is 0 Å². The van der Waals surface area contributed by atoms with Crippen molar-refractivity contribution in [3.63, 3.8) is 0 Å². The molecule has 1 aliphatic rings. The number of benzene rings is 2. The number of aliphatic hydroxyl groups excluding tert-OH is 4. The maximum Gasteiger partial charge on any atom is 0.229 e. The van der Waals surface area contributed by atoms with Gasteiger partial charge < -0.3 is 44.8 Å². The molecule has 2 aromatic carbocycles. The summed E-state index contributed by atoms with van der Waals surface area (Å²) in [6.45, 7) is -0.623. The van der Waals surface area contributed by atoms with Gasteiger partial charge in [0, 0.05) is 29.7 Å². The van der Waals surface area contributed by atoms with Gasteiger partial charge in [0.2, 0.25) is 6.29 Å². The molecule has 1 aliphatic heterocycles. The summed E-state index contributed by atoms with van der Waals surface area (Å²) in [4.78, 5) is 12.5. The monoisotopic (exact) mass is 450 g/mol. The van der Waals surface area contributed by atoms with Gasteiger partial charge in [-0.1, -0.05) is 0 Å². The number of phenols is 2. The number of aromatic hydroxyl groups is 2. The van der Waals surface area contributed by atoms with Gasteiger partial charge in [0.25, 0.3) is 0 Å². The Morgan fingerprint density at radius 3 is 2.34 bits per heavy atom. The lowest BCUT2D eigenvalue weighted by Gasteiger charge is -2.39. The quantitative estimate of drug-likeness (QED) is 0.304. The predicted molar refractivity (Wildman–Crippen MR) is 110 cm³/mol. The fourth-order valence-corrected chi connectivity index (χ4v) is 3.40. The zero-order chi connectivity index (χ0) is 23.4. The van der Waals surface area contributed by atoms with Gasteiger partial charge in [-0.15, -0.1) is 0 Å². The molecule has 0 aromatic heterocycles. The van der Waals surface area contributed by atoms with E-state index in [1.165, 1.54) is 43.5 Å². The molecule has 10 nitrogen and oxygen atoms in total. The summed E-state index contributed by atoms with van der Waals surface area (Å²) in [6, 6.07) is 8.51. The van der Waals surface area contributed by atoms with E-state index < -0.39 is 37.3 Å². The fourth-order valence-electron chi connectivity index (χ4n) is 3.40. The molecule has 0 radical (unpaired) electrons. The Hall–Kier alpha value is -2.89. The van der Waals surface area contributed by atoms with Crippen molar-refractivity contribution in [3.05, 3.63) is 47.5 Å². The van der Waals surface area contributed by atoms with Gasteiger partial charge in [0.1, 0.15) is 47.4 Å². The number of methoxy groups -OCH3 is 1. The van der Waals surface area contributed by atoms with Gasteiger partial charge in [-0.2, -0.15) is 0 Å². The number of Topliss-reactive ketones (excluding diaryl/α,β-unsaturated/α-hetero) is 1. The van der Waals surface area contributed by atoms with Crippen LogP contribution in [0.15, 0.2) is 36.4 Å². The van der Waals surface area contributed by atoms with Crippen LogP contribution in [0.1, 0.15) is 22.3 Å². The summed E-state index contributed by atoms with van der Waals surface area (Å²) in [5.41, 5.74) is 0.613. The third kappa shape index (κ3) is 5.12. The number of rotatable bonds is 8. The van der Waals surface area contributed by atoms with Crippen LogP contribution >= 0.6 is 0 Å². The molecule has 0 aliphatic carbocycles. The minimum Gasteiger partial charge on any atom is -0.508 e. The molecule has 10 heteroatoms. The second-order valence-electron chi connectivity index (χ2n) is 7.41. The number of carbonyl (C=O) groups excluding carboxylic acids is 1. The van der Waals surface area contributed by atoms with Crippen LogP contribution in [0, 0.1) is 0 Å². The Balaban J connectivity index is 1.82. The highest BCUT2D eigenvalue weighted by Gasteiger charge is 2.45. The van der Waals surface area contributed by atoms with Crippen LogP contribution in [0.25, 0.3) is 0 Å². The van der Waals surface area contributed by atoms with Gasteiger partial charge in [0.15, 0.2) is 5.78 Å². The van der Waals surface area contributed by atoms with Crippen molar-refractivity contribution in [1.82, 2.24) is 0 Å². The van der Waals surface area contributed by atoms with Crippen LogP contribution < -0.4 is 9.47 Å². The van der Waals surface area contributed by atoms with E-state index in [4.69, 9.17) is 14.2 Å². The van der Waals surface area contributed by atoms with Gasteiger partial charge >= 0.3 is 0 Å². The van der Waals surface area contributed by atoms with E-state index in [1.807, 2.05) is 0 Å². The summed E-state index contributed by atoms with van der Waals surface area (Å²) >= 11 is 0. The second-order valence-corrected chi connectivity index (χ2v) is 7.41. The number of carbonyl (C=O) groups is 1. The normalized spacial score (nSPS) is 25.3. The standard InChI is InChI=1S/C22H26O10/c1-30-13-8-16(26)14(6-7-15(25)11-2-4-12(24)5-3-11)17(9-13)31-22-21(29)20(28)19(27)18(10-23)32-22/h2-5,8-9,18-24,26-29H,6-7,10H2,1H3. The predicted octanol–water partition coefficient (Wildman–Crippen LogP) is 0.101. The first-order chi connectivity index (χ1) is 15.2. The molecule has 0 amide bonds. The Kier molecular flexibility index (Phi) is 7.54. The first kappa shape index (κ1) is 23.8. The molecular formula is C22H26O10. The molecule has 0 bridgehead atoms. The lowest BCUT2D eigenvalue weighted by atomic mass is 9.99. The molecule has 6 N–H and O–H groups in total. The summed E-state index contributed by atoms with van der Waals surface area (Å²) in [5, 5.41) is 59.4. The van der Waals surface area contributed by atoms with Crippen LogP contribution in [-0.4, -0.2) is 80.8 Å². The molecular weight excluding hydrogens is 424 g/mol. The molecule has 5 unspecified atom stereocenters. The van der Waals surface area contributed by atoms with Crippen molar-refractivity contribution in [3.8, 4) is 23.0 Å². The molecule has 1 saturated heterocycles. The Morgan fingerprint density at radius 2 is 1.72 bits per heavy atom. The SMILES string of the molecule is COc1cc(O)c(CCC(=O)c2ccc(O)cc2)c(OC2OC(CO)C(O)C(O)C2O)c1. The van der Waals surface area contributed by atoms with Crippen molar-refractivity contribution in [2.24, 2.45) is 0 Å². The van der Waals surface area contributed by atoms with Crippen molar-refractivity contribution in [2.75, 3.05) is 13.7 Å². The van der Waals surface area contributed by atoms with Crippen LogP contribution in [0.3, 0.4) is 0 Å². The second kappa shape index (κ2) is 10.2. The van der Waals surface area contributed by atoms with Gasteiger partial charge in [-0.25, -0.2) is 0 Å². The number of ketones is 1. The molecule has 1 heterocycles. The van der Waals surface area contributed by atoms with Gasteiger partial charge in [0.05, 0.1) is 13.7 Å². The minimum absolute atomic E-state index is 0.00426. The molecule has 174 valence electrons. The van der Waals surface area contributed by atoms with Gasteiger partial charge in [-0.3, -0.25) is 4.79 Å². The third-order valence-corrected chi connectivity index (χ3v) is 5.28. The molecule has 0 saturated carbocycles. The van der Waals surface area contributed by atoms with E-state index in [-0.39, 0.29) is 47.2 Å². The van der Waals surface area contributed by atoms with E-state index in [9.17, 15) is 35.4 Å². The van der Waals surface area contributed by atoms with Crippen LogP contribution in [0.2, 0.25) is 0 Å². The average Bonchev–Trinajstić information content (AvgIpc) is 2.78. The highest BCUT2D eigenvalue weighted by molar-refractivity contribution is 5.96. The zero-order valence-electron chi connectivity index (χ0n) is 17.3. The molecule has 32 heavy (non-hydrogen) atoms. The summed E-state index contributed by atoms with van der Waals surface area (Å²) < 4.78 is 16.2. The zero-order valence-corrected chi connectivity index (χ0v) is 17.3. The summed E-state index contributed by atoms with van der Waals surface area (Å²) in [7, 11) is 1.38. The average molecular weight is 450 g/mol. The van der Waals surface area contributed by atoms with Crippen molar-refractivity contribution < 1.29 is 49.6 Å². The number of ether oxygens (including phenoxy) is 3.